The van der Waals surface area contributed by atoms with E-state index in [2.05, 4.69) is 5.32 Å². The number of thioether (sulfide) groups is 1. The van der Waals surface area contributed by atoms with E-state index in [0.29, 0.717) is 11.4 Å². The molecule has 0 spiro atoms. The molecule has 0 saturated carbocycles. The first kappa shape index (κ1) is 12.3. The minimum Gasteiger partial charge on any atom is -0.325 e. The Bertz CT molecular complexity index is 359. The zero-order chi connectivity index (χ0) is 11.3. The fraction of sp³-hybridized carbons (Fsp3) is 0.300. The molecular formula is C10H11ClFNOS. The third-order valence-corrected chi connectivity index (χ3v) is 2.80. The number of hydrogen-bond acceptors (Lipinski definition) is 2. The molecule has 5 heteroatoms. The van der Waals surface area contributed by atoms with Gasteiger partial charge < -0.3 is 5.32 Å². The van der Waals surface area contributed by atoms with Gasteiger partial charge in [-0.15, -0.1) is 0 Å². The van der Waals surface area contributed by atoms with Gasteiger partial charge in [-0.05, 0) is 24.0 Å². The molecule has 0 aliphatic heterocycles. The number of rotatable bonds is 4. The van der Waals surface area contributed by atoms with Gasteiger partial charge in [0.05, 0.1) is 10.8 Å². The Morgan fingerprint density at radius 2 is 2.33 bits per heavy atom. The highest BCUT2D eigenvalue weighted by molar-refractivity contribution is 7.99. The van der Waals surface area contributed by atoms with Crippen molar-refractivity contribution in [1.29, 1.82) is 0 Å². The number of nitrogens with one attached hydrogen (secondary N) is 1. The van der Waals surface area contributed by atoms with Crippen LogP contribution in [0.4, 0.5) is 10.1 Å². The summed E-state index contributed by atoms with van der Waals surface area (Å²) in [4.78, 5) is 11.3. The Balaban J connectivity index is 2.57. The molecule has 1 N–H and O–H groups in total. The van der Waals surface area contributed by atoms with Crippen molar-refractivity contribution in [3.63, 3.8) is 0 Å². The van der Waals surface area contributed by atoms with Crippen LogP contribution in [0, 0.1) is 5.82 Å². The summed E-state index contributed by atoms with van der Waals surface area (Å²) in [6, 6.07) is 4.10. The van der Waals surface area contributed by atoms with Crippen molar-refractivity contribution in [2.45, 2.75) is 6.92 Å². The van der Waals surface area contributed by atoms with Crippen molar-refractivity contribution >= 4 is 35.0 Å². The molecule has 1 aromatic rings. The Morgan fingerprint density at radius 3 is 2.93 bits per heavy atom. The molecule has 0 bridgehead atoms. The smallest absolute Gasteiger partial charge is 0.234 e. The summed E-state index contributed by atoms with van der Waals surface area (Å²) in [5.74, 6) is 0.686. The Hall–Kier alpha value is -0.740. The molecule has 82 valence electrons. The third-order valence-electron chi connectivity index (χ3n) is 1.64. The standard InChI is InChI=1S/C10H11ClFNOS/c1-2-15-6-10(14)13-7-3-4-9(12)8(11)5-7/h3-5H,2,6H2,1H3,(H,13,14). The molecule has 0 heterocycles. The van der Waals surface area contributed by atoms with E-state index in [-0.39, 0.29) is 10.9 Å². The van der Waals surface area contributed by atoms with Crippen molar-refractivity contribution in [2.75, 3.05) is 16.8 Å². The van der Waals surface area contributed by atoms with Crippen LogP contribution in [0.25, 0.3) is 0 Å². The van der Waals surface area contributed by atoms with Gasteiger partial charge in [-0.2, -0.15) is 11.8 Å². The fourth-order valence-electron chi connectivity index (χ4n) is 0.966. The summed E-state index contributed by atoms with van der Waals surface area (Å²) in [7, 11) is 0. The van der Waals surface area contributed by atoms with E-state index in [1.807, 2.05) is 6.92 Å². The largest absolute Gasteiger partial charge is 0.325 e. The van der Waals surface area contributed by atoms with Crippen LogP contribution in [0.5, 0.6) is 0 Å². The first-order valence-corrected chi connectivity index (χ1v) is 5.99. The summed E-state index contributed by atoms with van der Waals surface area (Å²) in [6.45, 7) is 1.98. The van der Waals surface area contributed by atoms with Crippen molar-refractivity contribution in [1.82, 2.24) is 0 Å². The van der Waals surface area contributed by atoms with Gasteiger partial charge >= 0.3 is 0 Å². The number of halogens is 2. The second-order valence-corrected chi connectivity index (χ2v) is 4.50. The highest BCUT2D eigenvalue weighted by Crippen LogP contribution is 2.19. The second kappa shape index (κ2) is 5.98. The van der Waals surface area contributed by atoms with Gasteiger partial charge in [0.2, 0.25) is 5.91 Å². The number of anilines is 1. The molecule has 2 nitrogen and oxygen atoms in total. The van der Waals surface area contributed by atoms with E-state index >= 15 is 0 Å². The van der Waals surface area contributed by atoms with Gasteiger partial charge in [0, 0.05) is 5.69 Å². The van der Waals surface area contributed by atoms with E-state index in [4.69, 9.17) is 11.6 Å². The van der Waals surface area contributed by atoms with Gasteiger partial charge in [0.15, 0.2) is 0 Å². The van der Waals surface area contributed by atoms with Crippen LogP contribution in [0.1, 0.15) is 6.92 Å². The first-order valence-electron chi connectivity index (χ1n) is 4.46. The predicted octanol–water partition coefficient (Wildman–Crippen LogP) is 3.17. The van der Waals surface area contributed by atoms with Crippen LogP contribution < -0.4 is 5.32 Å². The van der Waals surface area contributed by atoms with E-state index in [0.717, 1.165) is 5.75 Å². The summed E-state index contributed by atoms with van der Waals surface area (Å²) >= 11 is 7.09. The number of amides is 1. The van der Waals surface area contributed by atoms with Crippen LogP contribution in [0.3, 0.4) is 0 Å². The zero-order valence-corrected chi connectivity index (χ0v) is 9.79. The predicted molar refractivity (Wildman–Crippen MR) is 63.0 cm³/mol. The summed E-state index contributed by atoms with van der Waals surface area (Å²) in [6.07, 6.45) is 0. The van der Waals surface area contributed by atoms with Crippen LogP contribution in [0.2, 0.25) is 5.02 Å². The molecule has 0 fully saturated rings. The maximum absolute atomic E-state index is 12.8. The minimum atomic E-state index is -0.488. The molecule has 15 heavy (non-hydrogen) atoms. The first-order chi connectivity index (χ1) is 7.13. The lowest BCUT2D eigenvalue weighted by molar-refractivity contribution is -0.113. The monoisotopic (exact) mass is 247 g/mol. The van der Waals surface area contributed by atoms with Crippen LogP contribution in [-0.4, -0.2) is 17.4 Å². The molecule has 1 amide bonds. The Labute approximate surface area is 97.2 Å². The molecular weight excluding hydrogens is 237 g/mol. The number of carbonyl (C=O) groups excluding carboxylic acids is 1. The quantitative estimate of drug-likeness (QED) is 0.886. The summed E-state index contributed by atoms with van der Waals surface area (Å²) in [5, 5.41) is 2.64. The topological polar surface area (TPSA) is 29.1 Å². The van der Waals surface area contributed by atoms with Crippen molar-refractivity contribution in [2.24, 2.45) is 0 Å². The van der Waals surface area contributed by atoms with Crippen LogP contribution >= 0.6 is 23.4 Å². The molecule has 0 saturated heterocycles. The molecule has 1 aromatic carbocycles. The second-order valence-electron chi connectivity index (χ2n) is 2.81. The van der Waals surface area contributed by atoms with E-state index in [1.54, 1.807) is 0 Å². The molecule has 0 atom stereocenters. The highest BCUT2D eigenvalue weighted by atomic mass is 35.5. The maximum atomic E-state index is 12.8. The number of hydrogen-bond donors (Lipinski definition) is 1. The van der Waals surface area contributed by atoms with Crippen LogP contribution in [0.15, 0.2) is 18.2 Å². The minimum absolute atomic E-state index is 0.0101. The zero-order valence-electron chi connectivity index (χ0n) is 8.22. The molecule has 0 unspecified atom stereocenters. The average Bonchev–Trinajstić information content (AvgIpc) is 2.20. The normalized spacial score (nSPS) is 10.1. The van der Waals surface area contributed by atoms with E-state index in [9.17, 15) is 9.18 Å². The average molecular weight is 248 g/mol. The SMILES string of the molecule is CCSCC(=O)Nc1ccc(F)c(Cl)c1. The van der Waals surface area contributed by atoms with Gasteiger partial charge in [-0.1, -0.05) is 18.5 Å². The lowest BCUT2D eigenvalue weighted by Gasteiger charge is -2.05. The number of carbonyl (C=O) groups is 1. The molecule has 1 rings (SSSR count). The van der Waals surface area contributed by atoms with Gasteiger partial charge in [0.25, 0.3) is 0 Å². The van der Waals surface area contributed by atoms with E-state index < -0.39 is 5.82 Å². The Morgan fingerprint density at radius 1 is 1.60 bits per heavy atom. The third kappa shape index (κ3) is 4.10. The van der Waals surface area contributed by atoms with Gasteiger partial charge in [-0.25, -0.2) is 4.39 Å². The van der Waals surface area contributed by atoms with Crippen LogP contribution in [-0.2, 0) is 4.79 Å². The van der Waals surface area contributed by atoms with E-state index in [1.165, 1.54) is 30.0 Å². The van der Waals surface area contributed by atoms with Crippen molar-refractivity contribution in [3.05, 3.63) is 29.0 Å². The van der Waals surface area contributed by atoms with Crippen molar-refractivity contribution < 1.29 is 9.18 Å². The summed E-state index contributed by atoms with van der Waals surface area (Å²) in [5.41, 5.74) is 0.517. The molecule has 0 radical (unpaired) electrons. The summed E-state index contributed by atoms with van der Waals surface area (Å²) < 4.78 is 12.8. The maximum Gasteiger partial charge on any atom is 0.234 e. The molecule has 0 aliphatic carbocycles. The van der Waals surface area contributed by atoms with Gasteiger partial charge in [0.1, 0.15) is 5.82 Å². The molecule has 0 aliphatic rings. The lowest BCUT2D eigenvalue weighted by Crippen LogP contribution is -2.14. The Kier molecular flexibility index (Phi) is 4.91. The van der Waals surface area contributed by atoms with Crippen molar-refractivity contribution in [3.8, 4) is 0 Å². The number of benzene rings is 1. The molecule has 0 aromatic heterocycles. The van der Waals surface area contributed by atoms with Gasteiger partial charge in [-0.3, -0.25) is 4.79 Å². The highest BCUT2D eigenvalue weighted by Gasteiger charge is 2.04. The fourth-order valence-corrected chi connectivity index (χ4v) is 1.61. The lowest BCUT2D eigenvalue weighted by atomic mass is 10.3.